The molecular formula is C16H20F6O10S2. The molecule has 0 spiro atoms. The number of hydrogen-bond acceptors (Lipinski definition) is 9. The highest BCUT2D eigenvalue weighted by atomic mass is 32.2. The summed E-state index contributed by atoms with van der Waals surface area (Å²) in [5.74, 6) is -8.51. The van der Waals surface area contributed by atoms with Crippen molar-refractivity contribution < 1.29 is 70.9 Å². The molecule has 0 aliphatic carbocycles. The van der Waals surface area contributed by atoms with Gasteiger partial charge in [-0.2, -0.15) is 43.2 Å². The van der Waals surface area contributed by atoms with Crippen molar-refractivity contribution in [2.24, 2.45) is 0 Å². The Morgan fingerprint density at radius 3 is 1.59 bits per heavy atom. The molecule has 0 saturated heterocycles. The maximum Gasteiger partial charge on any atom is 0.450 e. The summed E-state index contributed by atoms with van der Waals surface area (Å²) in [6.07, 6.45) is 0. The second-order valence-electron chi connectivity index (χ2n) is 6.46. The van der Waals surface area contributed by atoms with Crippen molar-refractivity contribution in [3.8, 4) is 11.5 Å². The topological polar surface area (TPSA) is 135 Å². The SMILES string of the molecule is COCc1cc(COC)c(OS(=O)(=O)C(F)(F)C(F)(F)C(F)(F)S(=O)(=O)O)c(COC)c1OC. The Hall–Kier alpha value is -1.86. The van der Waals surface area contributed by atoms with Gasteiger partial charge in [-0.3, -0.25) is 4.55 Å². The molecule has 0 amide bonds. The van der Waals surface area contributed by atoms with Crippen LogP contribution in [0.1, 0.15) is 16.7 Å². The average molecular weight is 550 g/mol. The van der Waals surface area contributed by atoms with Crippen LogP contribution in [0.4, 0.5) is 26.3 Å². The maximum atomic E-state index is 14.3. The molecular weight excluding hydrogens is 530 g/mol. The minimum absolute atomic E-state index is 0.182. The lowest BCUT2D eigenvalue weighted by molar-refractivity contribution is -0.247. The predicted octanol–water partition coefficient (Wildman–Crippen LogP) is 2.55. The van der Waals surface area contributed by atoms with Crippen LogP contribution in [0.25, 0.3) is 0 Å². The van der Waals surface area contributed by atoms with Gasteiger partial charge in [0.05, 0.1) is 32.5 Å². The van der Waals surface area contributed by atoms with E-state index in [2.05, 4.69) is 4.18 Å². The van der Waals surface area contributed by atoms with E-state index < -0.39 is 61.2 Å². The first-order chi connectivity index (χ1) is 15.4. The molecule has 1 aromatic rings. The highest BCUT2D eigenvalue weighted by Crippen LogP contribution is 2.51. The fraction of sp³-hybridized carbons (Fsp3) is 0.625. The summed E-state index contributed by atoms with van der Waals surface area (Å²) in [6.45, 7) is -1.37. The molecule has 1 N–H and O–H groups in total. The van der Waals surface area contributed by atoms with Gasteiger partial charge in [-0.1, -0.05) is 0 Å². The first-order valence-electron chi connectivity index (χ1n) is 8.60. The molecule has 0 fully saturated rings. The number of hydrogen-bond donors (Lipinski definition) is 1. The van der Waals surface area contributed by atoms with Gasteiger partial charge in [-0.05, 0) is 6.07 Å². The van der Waals surface area contributed by atoms with E-state index in [1.54, 1.807) is 0 Å². The Balaban J connectivity index is 3.84. The van der Waals surface area contributed by atoms with Crippen LogP contribution in [-0.2, 0) is 54.3 Å². The molecule has 0 heterocycles. The summed E-state index contributed by atoms with van der Waals surface area (Å²) in [7, 11) is -9.78. The first-order valence-corrected chi connectivity index (χ1v) is 11.5. The standard InChI is InChI=1S/C16H20F6O10S2/c1-28-6-9-5-10(7-29-2)13(11(8-30-3)12(9)31-4)32-34(26,27)16(21,22)14(17,18)15(19,20)33(23,24)25/h5H,6-8H2,1-4H3,(H,23,24,25). The van der Waals surface area contributed by atoms with Gasteiger partial charge in [0, 0.05) is 32.5 Å². The molecule has 34 heavy (non-hydrogen) atoms. The number of benzene rings is 1. The van der Waals surface area contributed by atoms with Gasteiger partial charge < -0.3 is 23.1 Å². The third kappa shape index (κ3) is 5.20. The van der Waals surface area contributed by atoms with E-state index in [0.717, 1.165) is 27.4 Å². The van der Waals surface area contributed by atoms with Crippen LogP contribution >= 0.6 is 0 Å². The molecule has 0 atom stereocenters. The lowest BCUT2D eigenvalue weighted by atomic mass is 10.0. The zero-order chi connectivity index (χ0) is 26.8. The molecule has 1 rings (SSSR count). The summed E-state index contributed by atoms with van der Waals surface area (Å²) in [5.41, 5.74) is -0.605. The molecule has 10 nitrogen and oxygen atoms in total. The van der Waals surface area contributed by atoms with E-state index >= 15 is 0 Å². The normalized spacial score (nSPS) is 13.7. The Morgan fingerprint density at radius 2 is 1.21 bits per heavy atom. The lowest BCUT2D eigenvalue weighted by Crippen LogP contribution is -2.61. The van der Waals surface area contributed by atoms with Crippen LogP contribution in [0.2, 0.25) is 0 Å². The number of methoxy groups -OCH3 is 4. The molecule has 0 aromatic heterocycles. The zero-order valence-electron chi connectivity index (χ0n) is 17.9. The van der Waals surface area contributed by atoms with Crippen molar-refractivity contribution in [2.75, 3.05) is 28.4 Å². The molecule has 0 unspecified atom stereocenters. The van der Waals surface area contributed by atoms with Crippen LogP contribution in [0.3, 0.4) is 0 Å². The van der Waals surface area contributed by atoms with Crippen LogP contribution in [0, 0.1) is 0 Å². The number of alkyl halides is 6. The van der Waals surface area contributed by atoms with Gasteiger partial charge in [0.25, 0.3) is 0 Å². The number of rotatable bonds is 13. The van der Waals surface area contributed by atoms with E-state index in [0.29, 0.717) is 0 Å². The van der Waals surface area contributed by atoms with Crippen molar-refractivity contribution in [1.82, 2.24) is 0 Å². The van der Waals surface area contributed by atoms with Crippen LogP contribution in [0.5, 0.6) is 11.5 Å². The summed E-state index contributed by atoms with van der Waals surface area (Å²) in [4.78, 5) is 0. The lowest BCUT2D eigenvalue weighted by Gasteiger charge is -2.30. The molecule has 18 heteroatoms. The van der Waals surface area contributed by atoms with E-state index in [1.807, 2.05) is 0 Å². The summed E-state index contributed by atoms with van der Waals surface area (Å²) < 4.78 is 161. The quantitative estimate of drug-likeness (QED) is 0.222. The van der Waals surface area contributed by atoms with Crippen molar-refractivity contribution in [2.45, 2.75) is 36.3 Å². The molecule has 198 valence electrons. The van der Waals surface area contributed by atoms with Crippen molar-refractivity contribution in [1.29, 1.82) is 0 Å². The number of halogens is 6. The Labute approximate surface area is 190 Å². The third-order valence-electron chi connectivity index (χ3n) is 4.13. The van der Waals surface area contributed by atoms with Crippen LogP contribution < -0.4 is 8.92 Å². The predicted molar refractivity (Wildman–Crippen MR) is 101 cm³/mol. The Morgan fingerprint density at radius 1 is 0.765 bits per heavy atom. The van der Waals surface area contributed by atoms with Gasteiger partial charge in [0.15, 0.2) is 5.75 Å². The van der Waals surface area contributed by atoms with Crippen LogP contribution in [0.15, 0.2) is 6.07 Å². The van der Waals surface area contributed by atoms with Crippen LogP contribution in [-0.4, -0.2) is 66.3 Å². The fourth-order valence-electron chi connectivity index (χ4n) is 2.64. The van der Waals surface area contributed by atoms with Gasteiger partial charge in [-0.25, -0.2) is 0 Å². The van der Waals surface area contributed by atoms with Gasteiger partial charge >= 0.3 is 36.7 Å². The van der Waals surface area contributed by atoms with Gasteiger partial charge in [0.2, 0.25) is 0 Å². The third-order valence-corrected chi connectivity index (χ3v) is 6.31. The maximum absolute atomic E-state index is 14.3. The molecule has 1 aromatic carbocycles. The molecule has 0 saturated carbocycles. The Kier molecular flexibility index (Phi) is 9.23. The minimum Gasteiger partial charge on any atom is -0.496 e. The average Bonchev–Trinajstić information content (AvgIpc) is 2.70. The smallest absolute Gasteiger partial charge is 0.450 e. The van der Waals surface area contributed by atoms with Gasteiger partial charge in [0.1, 0.15) is 5.75 Å². The summed E-state index contributed by atoms with van der Waals surface area (Å²) in [5, 5.41) is -13.8. The summed E-state index contributed by atoms with van der Waals surface area (Å²) >= 11 is 0. The molecule has 0 radical (unpaired) electrons. The second kappa shape index (κ2) is 10.4. The highest BCUT2D eigenvalue weighted by Gasteiger charge is 2.83. The van der Waals surface area contributed by atoms with Crippen molar-refractivity contribution >= 4 is 20.2 Å². The monoisotopic (exact) mass is 550 g/mol. The van der Waals surface area contributed by atoms with E-state index in [-0.39, 0.29) is 23.5 Å². The van der Waals surface area contributed by atoms with E-state index in [1.165, 1.54) is 7.11 Å². The van der Waals surface area contributed by atoms with Crippen molar-refractivity contribution in [3.05, 3.63) is 22.8 Å². The molecule has 0 bridgehead atoms. The fourth-order valence-corrected chi connectivity index (χ4v) is 4.13. The largest absolute Gasteiger partial charge is 0.496 e. The Bertz CT molecular complexity index is 1090. The van der Waals surface area contributed by atoms with Gasteiger partial charge in [-0.15, -0.1) is 0 Å². The van der Waals surface area contributed by atoms with Crippen molar-refractivity contribution in [3.63, 3.8) is 0 Å². The molecule has 0 aliphatic heterocycles. The van der Waals surface area contributed by atoms with E-state index in [4.69, 9.17) is 23.5 Å². The molecule has 0 aliphatic rings. The number of ether oxygens (including phenoxy) is 4. The summed E-state index contributed by atoms with van der Waals surface area (Å²) in [6, 6.07) is 1.08. The second-order valence-corrected chi connectivity index (χ2v) is 9.51. The highest BCUT2D eigenvalue weighted by molar-refractivity contribution is 7.88. The zero-order valence-corrected chi connectivity index (χ0v) is 19.5. The minimum atomic E-state index is -7.19. The van der Waals surface area contributed by atoms with E-state index in [9.17, 15) is 43.2 Å². The first kappa shape index (κ1) is 30.2.